The number of rotatable bonds is 4. The van der Waals surface area contributed by atoms with E-state index in [-0.39, 0.29) is 0 Å². The van der Waals surface area contributed by atoms with Crippen LogP contribution in [-0.4, -0.2) is 24.3 Å². The first-order valence-electron chi connectivity index (χ1n) is 6.09. The van der Waals surface area contributed by atoms with Gasteiger partial charge in [0.2, 0.25) is 0 Å². The molecule has 0 bridgehead atoms. The zero-order valence-corrected chi connectivity index (χ0v) is 13.1. The number of hydrogen-bond donors (Lipinski definition) is 1. The molecule has 0 aliphatic heterocycles. The van der Waals surface area contributed by atoms with E-state index >= 15 is 0 Å². The van der Waals surface area contributed by atoms with Gasteiger partial charge in [-0.1, -0.05) is 0 Å². The third-order valence-corrected chi connectivity index (χ3v) is 3.78. The lowest BCUT2D eigenvalue weighted by Crippen LogP contribution is -2.05. The van der Waals surface area contributed by atoms with Gasteiger partial charge < -0.3 is 14.6 Å². The second-order valence-corrected chi connectivity index (χ2v) is 5.16. The molecular formula is C15H16BrNO3. The van der Waals surface area contributed by atoms with Crippen LogP contribution in [0.5, 0.6) is 11.5 Å². The molecule has 5 heteroatoms. The lowest BCUT2D eigenvalue weighted by Gasteiger charge is -2.17. The maximum absolute atomic E-state index is 10.5. The van der Waals surface area contributed by atoms with E-state index in [9.17, 15) is 5.11 Å². The average Bonchev–Trinajstić information content (AvgIpc) is 2.46. The highest BCUT2D eigenvalue weighted by Crippen LogP contribution is 2.40. The Labute approximate surface area is 126 Å². The molecule has 0 fully saturated rings. The van der Waals surface area contributed by atoms with Crippen LogP contribution in [0.2, 0.25) is 0 Å². The van der Waals surface area contributed by atoms with Gasteiger partial charge in [-0.2, -0.15) is 0 Å². The first-order valence-corrected chi connectivity index (χ1v) is 6.88. The summed E-state index contributed by atoms with van der Waals surface area (Å²) in [4.78, 5) is 4.21. The molecule has 1 N–H and O–H groups in total. The van der Waals surface area contributed by atoms with E-state index in [2.05, 4.69) is 20.9 Å². The molecule has 0 amide bonds. The second kappa shape index (κ2) is 6.24. The van der Waals surface area contributed by atoms with E-state index in [1.165, 1.54) is 0 Å². The summed E-state index contributed by atoms with van der Waals surface area (Å²) in [6, 6.07) is 7.29. The fraction of sp³-hybridized carbons (Fsp3) is 0.267. The van der Waals surface area contributed by atoms with Crippen molar-refractivity contribution in [2.45, 2.75) is 13.0 Å². The zero-order valence-electron chi connectivity index (χ0n) is 11.6. The van der Waals surface area contributed by atoms with Gasteiger partial charge in [0.05, 0.1) is 19.9 Å². The van der Waals surface area contributed by atoms with E-state index in [0.717, 1.165) is 5.56 Å². The summed E-state index contributed by atoms with van der Waals surface area (Å²) in [5.41, 5.74) is 2.26. The van der Waals surface area contributed by atoms with Crippen molar-refractivity contribution in [2.24, 2.45) is 0 Å². The van der Waals surface area contributed by atoms with Crippen molar-refractivity contribution in [3.05, 3.63) is 51.8 Å². The SMILES string of the molecule is COc1ccc(C(O)c2cc(C)ccn2)c(OC)c1Br. The van der Waals surface area contributed by atoms with Crippen LogP contribution in [0.15, 0.2) is 34.9 Å². The van der Waals surface area contributed by atoms with E-state index in [4.69, 9.17) is 9.47 Å². The van der Waals surface area contributed by atoms with Crippen LogP contribution in [0.3, 0.4) is 0 Å². The molecular weight excluding hydrogens is 322 g/mol. The Morgan fingerprint density at radius 2 is 1.95 bits per heavy atom. The highest BCUT2D eigenvalue weighted by Gasteiger charge is 2.21. The van der Waals surface area contributed by atoms with Crippen molar-refractivity contribution in [1.29, 1.82) is 0 Å². The van der Waals surface area contributed by atoms with Gasteiger partial charge in [0.1, 0.15) is 22.1 Å². The molecule has 0 aliphatic rings. The number of aliphatic hydroxyl groups is 1. The molecule has 1 unspecified atom stereocenters. The minimum atomic E-state index is -0.855. The Balaban J connectivity index is 2.49. The van der Waals surface area contributed by atoms with E-state index in [1.807, 2.05) is 19.1 Å². The molecule has 1 atom stereocenters. The standard InChI is InChI=1S/C15H16BrNO3/c1-9-6-7-17-11(8-9)14(18)10-4-5-12(19-2)13(16)15(10)20-3/h4-8,14,18H,1-3H3. The summed E-state index contributed by atoms with van der Waals surface area (Å²) < 4.78 is 11.3. The summed E-state index contributed by atoms with van der Waals surface area (Å²) in [5.74, 6) is 1.19. The Morgan fingerprint density at radius 3 is 2.55 bits per heavy atom. The normalized spacial score (nSPS) is 12.1. The predicted octanol–water partition coefficient (Wildman–Crippen LogP) is 3.25. The predicted molar refractivity (Wildman–Crippen MR) is 80.3 cm³/mol. The summed E-state index contributed by atoms with van der Waals surface area (Å²) in [6.45, 7) is 1.96. The Kier molecular flexibility index (Phi) is 4.62. The van der Waals surface area contributed by atoms with Crippen molar-refractivity contribution in [1.82, 2.24) is 4.98 Å². The van der Waals surface area contributed by atoms with Crippen LogP contribution in [-0.2, 0) is 0 Å². The number of methoxy groups -OCH3 is 2. The quantitative estimate of drug-likeness (QED) is 0.930. The molecule has 4 nitrogen and oxygen atoms in total. The smallest absolute Gasteiger partial charge is 0.143 e. The molecule has 0 saturated carbocycles. The number of halogens is 1. The molecule has 1 aromatic carbocycles. The van der Waals surface area contributed by atoms with Crippen LogP contribution in [0, 0.1) is 6.92 Å². The van der Waals surface area contributed by atoms with Gasteiger partial charge in [-0.05, 0) is 52.7 Å². The van der Waals surface area contributed by atoms with Crippen LogP contribution in [0.25, 0.3) is 0 Å². The van der Waals surface area contributed by atoms with Gasteiger partial charge in [0, 0.05) is 11.8 Å². The van der Waals surface area contributed by atoms with Gasteiger partial charge in [-0.15, -0.1) is 0 Å². The van der Waals surface area contributed by atoms with Crippen LogP contribution < -0.4 is 9.47 Å². The van der Waals surface area contributed by atoms with Crippen molar-refractivity contribution in [2.75, 3.05) is 14.2 Å². The lowest BCUT2D eigenvalue weighted by molar-refractivity contribution is 0.209. The molecule has 1 aromatic heterocycles. The Morgan fingerprint density at radius 1 is 1.20 bits per heavy atom. The molecule has 0 saturated heterocycles. The summed E-state index contributed by atoms with van der Waals surface area (Å²) in [7, 11) is 3.14. The molecule has 2 aromatic rings. The molecule has 0 radical (unpaired) electrons. The Bertz CT molecular complexity index is 616. The third-order valence-electron chi connectivity index (χ3n) is 3.03. The minimum absolute atomic E-state index is 0.542. The van der Waals surface area contributed by atoms with Crippen LogP contribution in [0.4, 0.5) is 0 Å². The zero-order chi connectivity index (χ0) is 14.7. The number of aryl methyl sites for hydroxylation is 1. The highest BCUT2D eigenvalue weighted by atomic mass is 79.9. The Hall–Kier alpha value is -1.59. The van der Waals surface area contributed by atoms with E-state index in [0.29, 0.717) is 27.2 Å². The molecule has 0 aliphatic carbocycles. The van der Waals surface area contributed by atoms with Gasteiger partial charge in [0.15, 0.2) is 0 Å². The number of aromatic nitrogens is 1. The molecule has 0 spiro atoms. The number of nitrogens with zero attached hydrogens (tertiary/aromatic N) is 1. The number of ether oxygens (including phenoxy) is 2. The molecule has 1 heterocycles. The van der Waals surface area contributed by atoms with Crippen molar-refractivity contribution < 1.29 is 14.6 Å². The fourth-order valence-electron chi connectivity index (χ4n) is 2.00. The maximum Gasteiger partial charge on any atom is 0.143 e. The van der Waals surface area contributed by atoms with Crippen LogP contribution in [0.1, 0.15) is 22.9 Å². The first-order chi connectivity index (χ1) is 9.58. The van der Waals surface area contributed by atoms with Crippen molar-refractivity contribution in [3.8, 4) is 11.5 Å². The van der Waals surface area contributed by atoms with E-state index < -0.39 is 6.10 Å². The highest BCUT2D eigenvalue weighted by molar-refractivity contribution is 9.10. The van der Waals surface area contributed by atoms with Crippen molar-refractivity contribution >= 4 is 15.9 Å². The monoisotopic (exact) mass is 337 g/mol. The van der Waals surface area contributed by atoms with E-state index in [1.54, 1.807) is 32.5 Å². The van der Waals surface area contributed by atoms with Gasteiger partial charge in [-0.25, -0.2) is 0 Å². The average molecular weight is 338 g/mol. The largest absolute Gasteiger partial charge is 0.495 e. The summed E-state index contributed by atoms with van der Waals surface area (Å²) in [5, 5.41) is 10.5. The van der Waals surface area contributed by atoms with Gasteiger partial charge in [-0.3, -0.25) is 4.98 Å². The molecule has 106 valence electrons. The lowest BCUT2D eigenvalue weighted by atomic mass is 10.0. The number of aliphatic hydroxyl groups excluding tert-OH is 1. The summed E-state index contributed by atoms with van der Waals surface area (Å²) in [6.07, 6.45) is 0.825. The number of pyridine rings is 1. The fourth-order valence-corrected chi connectivity index (χ4v) is 2.69. The summed E-state index contributed by atoms with van der Waals surface area (Å²) >= 11 is 3.43. The topological polar surface area (TPSA) is 51.6 Å². The first kappa shape index (κ1) is 14.8. The maximum atomic E-state index is 10.5. The molecule has 20 heavy (non-hydrogen) atoms. The minimum Gasteiger partial charge on any atom is -0.495 e. The second-order valence-electron chi connectivity index (χ2n) is 4.36. The van der Waals surface area contributed by atoms with Gasteiger partial charge in [0.25, 0.3) is 0 Å². The third kappa shape index (κ3) is 2.78. The molecule has 2 rings (SSSR count). The van der Waals surface area contributed by atoms with Crippen LogP contribution >= 0.6 is 15.9 Å². The van der Waals surface area contributed by atoms with Gasteiger partial charge >= 0.3 is 0 Å². The number of benzene rings is 1. The number of hydrogen-bond acceptors (Lipinski definition) is 4. The van der Waals surface area contributed by atoms with Crippen molar-refractivity contribution in [3.63, 3.8) is 0 Å².